The van der Waals surface area contributed by atoms with E-state index >= 15 is 0 Å². The van der Waals surface area contributed by atoms with Crippen LogP contribution in [-0.4, -0.2) is 5.75 Å². The first kappa shape index (κ1) is 13.6. The Morgan fingerprint density at radius 2 is 1.90 bits per heavy atom. The highest BCUT2D eigenvalue weighted by Gasteiger charge is 2.22. The molecule has 2 aromatic rings. The molecule has 1 heterocycles. The van der Waals surface area contributed by atoms with Crippen molar-refractivity contribution in [2.75, 3.05) is 5.75 Å². The van der Waals surface area contributed by atoms with E-state index in [1.165, 1.54) is 16.0 Å². The summed E-state index contributed by atoms with van der Waals surface area (Å²) in [6.07, 6.45) is 3.52. The predicted molar refractivity (Wildman–Crippen MR) is 85.6 cm³/mol. The van der Waals surface area contributed by atoms with Crippen LogP contribution in [0.1, 0.15) is 37.0 Å². The first-order chi connectivity index (χ1) is 9.88. The largest absolute Gasteiger partial charge is 0.485 e. The van der Waals surface area contributed by atoms with Crippen LogP contribution < -0.4 is 4.74 Å². The van der Waals surface area contributed by atoms with Gasteiger partial charge in [0.1, 0.15) is 11.9 Å². The van der Waals surface area contributed by atoms with Crippen molar-refractivity contribution in [3.05, 3.63) is 59.7 Å². The lowest BCUT2D eigenvalue weighted by Gasteiger charge is -2.26. The van der Waals surface area contributed by atoms with Crippen molar-refractivity contribution in [2.45, 2.75) is 37.2 Å². The predicted octanol–water partition coefficient (Wildman–Crippen LogP) is 5.26. The number of para-hydroxylation sites is 1. The van der Waals surface area contributed by atoms with E-state index in [0.717, 1.165) is 30.8 Å². The zero-order valence-corrected chi connectivity index (χ0v) is 12.7. The van der Waals surface area contributed by atoms with Gasteiger partial charge in [0, 0.05) is 16.2 Å². The van der Waals surface area contributed by atoms with E-state index < -0.39 is 0 Å². The van der Waals surface area contributed by atoms with E-state index in [2.05, 4.69) is 55.5 Å². The molecule has 2 heteroatoms. The van der Waals surface area contributed by atoms with E-state index in [0.29, 0.717) is 0 Å². The third-order valence-corrected chi connectivity index (χ3v) is 4.79. The molecule has 0 spiro atoms. The van der Waals surface area contributed by atoms with Crippen LogP contribution in [0.2, 0.25) is 0 Å². The van der Waals surface area contributed by atoms with Crippen molar-refractivity contribution in [2.24, 2.45) is 0 Å². The zero-order valence-electron chi connectivity index (χ0n) is 11.8. The Balaban J connectivity index is 1.86. The number of fused-ring (bicyclic) bond motifs is 1. The van der Waals surface area contributed by atoms with Gasteiger partial charge < -0.3 is 4.74 Å². The van der Waals surface area contributed by atoms with Gasteiger partial charge in [0.2, 0.25) is 0 Å². The molecule has 1 aliphatic heterocycles. The minimum atomic E-state index is 0.199. The van der Waals surface area contributed by atoms with Crippen LogP contribution in [0.4, 0.5) is 0 Å². The van der Waals surface area contributed by atoms with Crippen molar-refractivity contribution in [1.82, 2.24) is 0 Å². The first-order valence-corrected chi connectivity index (χ1v) is 8.33. The Kier molecular flexibility index (Phi) is 4.31. The highest BCUT2D eigenvalue weighted by molar-refractivity contribution is 7.99. The Morgan fingerprint density at radius 1 is 1.10 bits per heavy atom. The van der Waals surface area contributed by atoms with Gasteiger partial charge in [0.15, 0.2) is 0 Å². The number of thioether (sulfide) groups is 1. The fourth-order valence-electron chi connectivity index (χ4n) is 2.68. The number of rotatable bonds is 4. The molecule has 104 valence electrons. The number of ether oxygens (including phenoxy) is 1. The first-order valence-electron chi connectivity index (χ1n) is 7.34. The maximum atomic E-state index is 6.35. The molecule has 1 nitrogen and oxygen atoms in total. The molecule has 1 atom stereocenters. The van der Waals surface area contributed by atoms with E-state index in [9.17, 15) is 0 Å². The van der Waals surface area contributed by atoms with E-state index in [1.807, 2.05) is 11.8 Å². The lowest BCUT2D eigenvalue weighted by Crippen LogP contribution is -2.14. The molecule has 0 aliphatic carbocycles. The van der Waals surface area contributed by atoms with Crippen molar-refractivity contribution in [3.8, 4) is 5.75 Å². The van der Waals surface area contributed by atoms with Crippen LogP contribution in [-0.2, 0) is 6.42 Å². The fraction of sp³-hybridized carbons (Fsp3) is 0.333. The molecule has 0 radical (unpaired) electrons. The molecule has 0 aromatic heterocycles. The number of aryl methyl sites for hydroxylation is 1. The van der Waals surface area contributed by atoms with Crippen LogP contribution >= 0.6 is 11.8 Å². The molecule has 2 aromatic carbocycles. The van der Waals surface area contributed by atoms with Gasteiger partial charge in [-0.15, -0.1) is 11.8 Å². The van der Waals surface area contributed by atoms with E-state index in [-0.39, 0.29) is 6.10 Å². The average Bonchev–Trinajstić information content (AvgIpc) is 2.50. The van der Waals surface area contributed by atoms with Gasteiger partial charge in [-0.3, -0.25) is 0 Å². The van der Waals surface area contributed by atoms with Crippen LogP contribution in [0.25, 0.3) is 0 Å². The molecule has 20 heavy (non-hydrogen) atoms. The van der Waals surface area contributed by atoms with Crippen molar-refractivity contribution < 1.29 is 4.74 Å². The fourth-order valence-corrected chi connectivity index (χ4v) is 3.77. The highest BCUT2D eigenvalue weighted by Crippen LogP contribution is 2.39. The summed E-state index contributed by atoms with van der Waals surface area (Å²) < 4.78 is 6.35. The molecular formula is C18H20OS. The standard InChI is InChI=1S/C18H20OS/c1-2-7-14-8-3-5-10-16(14)19-17-12-13-20-18-11-6-4-9-15(17)18/h3-6,8-11,17H,2,7,12-13H2,1H3/t17-/m1/s1. The third-order valence-electron chi connectivity index (χ3n) is 3.66. The normalized spacial score (nSPS) is 17.6. The Morgan fingerprint density at radius 3 is 2.80 bits per heavy atom. The lowest BCUT2D eigenvalue weighted by atomic mass is 10.1. The van der Waals surface area contributed by atoms with Gasteiger partial charge >= 0.3 is 0 Å². The maximum absolute atomic E-state index is 6.35. The summed E-state index contributed by atoms with van der Waals surface area (Å²) >= 11 is 1.94. The van der Waals surface area contributed by atoms with Crippen molar-refractivity contribution >= 4 is 11.8 Å². The molecule has 0 amide bonds. The van der Waals surface area contributed by atoms with Crippen molar-refractivity contribution in [1.29, 1.82) is 0 Å². The van der Waals surface area contributed by atoms with Gasteiger partial charge in [-0.05, 0) is 30.5 Å². The van der Waals surface area contributed by atoms with Gasteiger partial charge in [-0.25, -0.2) is 0 Å². The van der Waals surface area contributed by atoms with E-state index in [1.54, 1.807) is 0 Å². The Hall–Kier alpha value is -1.41. The van der Waals surface area contributed by atoms with Gasteiger partial charge in [-0.1, -0.05) is 49.7 Å². The second kappa shape index (κ2) is 6.36. The maximum Gasteiger partial charge on any atom is 0.126 e. The summed E-state index contributed by atoms with van der Waals surface area (Å²) in [6.45, 7) is 2.21. The smallest absolute Gasteiger partial charge is 0.126 e. The molecule has 3 rings (SSSR count). The van der Waals surface area contributed by atoms with Gasteiger partial charge in [0.05, 0.1) is 0 Å². The third kappa shape index (κ3) is 2.85. The quantitative estimate of drug-likeness (QED) is 0.758. The topological polar surface area (TPSA) is 9.23 Å². The second-order valence-corrected chi connectivity index (χ2v) is 6.28. The van der Waals surface area contributed by atoms with E-state index in [4.69, 9.17) is 4.74 Å². The zero-order chi connectivity index (χ0) is 13.8. The Bertz CT molecular complexity index is 579. The minimum absolute atomic E-state index is 0.199. The summed E-state index contributed by atoms with van der Waals surface area (Å²) in [5.41, 5.74) is 2.67. The second-order valence-electron chi connectivity index (χ2n) is 5.14. The van der Waals surface area contributed by atoms with Gasteiger partial charge in [-0.2, -0.15) is 0 Å². The summed E-state index contributed by atoms with van der Waals surface area (Å²) in [4.78, 5) is 1.37. The molecule has 0 bridgehead atoms. The lowest BCUT2D eigenvalue weighted by molar-refractivity contribution is 0.195. The molecule has 0 N–H and O–H groups in total. The van der Waals surface area contributed by atoms with Crippen LogP contribution in [0.15, 0.2) is 53.4 Å². The van der Waals surface area contributed by atoms with Crippen LogP contribution in [0.5, 0.6) is 5.75 Å². The molecule has 0 saturated heterocycles. The van der Waals surface area contributed by atoms with Crippen LogP contribution in [0.3, 0.4) is 0 Å². The number of hydrogen-bond acceptors (Lipinski definition) is 2. The molecule has 0 fully saturated rings. The highest BCUT2D eigenvalue weighted by atomic mass is 32.2. The average molecular weight is 284 g/mol. The van der Waals surface area contributed by atoms with Gasteiger partial charge in [0.25, 0.3) is 0 Å². The number of hydrogen-bond donors (Lipinski definition) is 0. The number of benzene rings is 2. The van der Waals surface area contributed by atoms with Crippen molar-refractivity contribution in [3.63, 3.8) is 0 Å². The van der Waals surface area contributed by atoms with Crippen LogP contribution in [0, 0.1) is 0 Å². The summed E-state index contributed by atoms with van der Waals surface area (Å²) in [6, 6.07) is 17.1. The summed E-state index contributed by atoms with van der Waals surface area (Å²) in [7, 11) is 0. The minimum Gasteiger partial charge on any atom is -0.485 e. The SMILES string of the molecule is CCCc1ccccc1O[C@@H]1CCSc2ccccc21. The Labute approximate surface area is 125 Å². The molecule has 1 aliphatic rings. The molecule has 0 saturated carbocycles. The summed E-state index contributed by atoms with van der Waals surface area (Å²) in [5, 5.41) is 0. The molecule has 0 unspecified atom stereocenters. The molecular weight excluding hydrogens is 264 g/mol. The monoisotopic (exact) mass is 284 g/mol. The summed E-state index contributed by atoms with van der Waals surface area (Å²) in [5.74, 6) is 2.19.